The van der Waals surface area contributed by atoms with Crippen LogP contribution in [0.2, 0.25) is 0 Å². The molecule has 0 fully saturated rings. The van der Waals surface area contributed by atoms with E-state index in [0.29, 0.717) is 30.5 Å². The van der Waals surface area contributed by atoms with Crippen molar-refractivity contribution in [3.05, 3.63) is 129 Å². The SMILES string of the molecule is C=CCCCC(C)(CC)c1ccc(-c2cc3ccc4cc(-c5ccc(C6=c7cc8c(cc7C(=O)N6CC(C)C)=C(C(C)(CC)CCCC(C)C)N(CC(C)C)C8=O)s5)cc5ccc(c2)c3c45)s1. The highest BCUT2D eigenvalue weighted by Crippen LogP contribution is 2.46. The van der Waals surface area contributed by atoms with Crippen molar-refractivity contribution in [1.82, 2.24) is 9.80 Å². The number of amides is 2. The molecule has 2 atom stereocenters. The van der Waals surface area contributed by atoms with E-state index in [2.05, 4.69) is 166 Å². The summed E-state index contributed by atoms with van der Waals surface area (Å²) in [5.74, 6) is 1.31. The minimum absolute atomic E-state index is 0.0351. The van der Waals surface area contributed by atoms with Crippen LogP contribution < -0.4 is 10.4 Å². The number of hydrogen-bond donors (Lipinski definition) is 0. The molecule has 4 heterocycles. The predicted molar refractivity (Wildman–Crippen MR) is 289 cm³/mol. The summed E-state index contributed by atoms with van der Waals surface area (Å²) in [5.41, 5.74) is 5.94. The number of carbonyl (C=O) groups excluding carboxylic acids is 2. The maximum atomic E-state index is 14.7. The first kappa shape index (κ1) is 47.0. The molecule has 7 aromatic rings. The topological polar surface area (TPSA) is 40.6 Å². The van der Waals surface area contributed by atoms with Crippen LogP contribution in [0.25, 0.3) is 64.6 Å². The number of rotatable bonds is 19. The lowest BCUT2D eigenvalue weighted by Gasteiger charge is -2.37. The summed E-state index contributed by atoms with van der Waals surface area (Å²) in [6.45, 7) is 27.9. The molecular weight excluding hydrogens is 857 g/mol. The highest BCUT2D eigenvalue weighted by atomic mass is 32.1. The Balaban J connectivity index is 1.11. The number of allylic oxidation sites excluding steroid dienone is 1. The fraction of sp³-hybridized carbons (Fsp3) is 0.410. The maximum Gasteiger partial charge on any atom is 0.259 e. The number of carbonyl (C=O) groups is 2. The van der Waals surface area contributed by atoms with Crippen molar-refractivity contribution in [2.75, 3.05) is 13.1 Å². The van der Waals surface area contributed by atoms with Crippen LogP contribution in [-0.2, 0) is 5.41 Å². The predicted octanol–water partition coefficient (Wildman–Crippen LogP) is 15.8. The van der Waals surface area contributed by atoms with Crippen LogP contribution in [0.15, 0.2) is 97.6 Å². The summed E-state index contributed by atoms with van der Waals surface area (Å²) in [5, 5.41) is 9.48. The van der Waals surface area contributed by atoms with Gasteiger partial charge in [-0.3, -0.25) is 9.59 Å². The van der Waals surface area contributed by atoms with Crippen LogP contribution in [0.5, 0.6) is 0 Å². The zero-order valence-electron chi connectivity index (χ0n) is 41.7. The van der Waals surface area contributed by atoms with Crippen LogP contribution in [-0.4, -0.2) is 34.7 Å². The number of nitrogens with zero attached hydrogens (tertiary/aromatic N) is 2. The van der Waals surface area contributed by atoms with Gasteiger partial charge in [0.1, 0.15) is 0 Å². The van der Waals surface area contributed by atoms with Gasteiger partial charge >= 0.3 is 0 Å². The number of fused-ring (bicyclic) bond motifs is 2. The molecule has 67 heavy (non-hydrogen) atoms. The number of benzene rings is 5. The Labute approximate surface area is 407 Å². The first-order chi connectivity index (χ1) is 32.1. The Morgan fingerprint density at radius 2 is 1.07 bits per heavy atom. The second kappa shape index (κ2) is 18.5. The van der Waals surface area contributed by atoms with E-state index in [-0.39, 0.29) is 28.6 Å². The molecule has 0 spiro atoms. The van der Waals surface area contributed by atoms with E-state index in [9.17, 15) is 9.59 Å². The molecule has 0 radical (unpaired) electrons. The molecule has 0 saturated heterocycles. The second-order valence-electron chi connectivity index (χ2n) is 21.6. The van der Waals surface area contributed by atoms with Crippen molar-refractivity contribution in [2.24, 2.45) is 23.2 Å². The van der Waals surface area contributed by atoms with Crippen molar-refractivity contribution in [3.8, 4) is 20.9 Å². The summed E-state index contributed by atoms with van der Waals surface area (Å²) in [6, 6.07) is 31.9. The van der Waals surface area contributed by atoms with Crippen molar-refractivity contribution in [1.29, 1.82) is 0 Å². The van der Waals surface area contributed by atoms with E-state index in [1.165, 1.54) is 66.0 Å². The van der Waals surface area contributed by atoms with Gasteiger partial charge in [0.25, 0.3) is 11.8 Å². The first-order valence-corrected chi connectivity index (χ1v) is 26.8. The van der Waals surface area contributed by atoms with Crippen molar-refractivity contribution in [2.45, 2.75) is 126 Å². The standard InChI is InChI=1S/C61H70N2O2S2/c1-12-15-16-27-60(10,13-2)53-26-25-51(67-53)45-31-42-21-19-40-29-44(30-41-20-22-43(32-45)55(42)54(40)41)50-23-24-52(66-50)56-46-33-49-47(34-48(46)58(64)62(56)35-38(6)7)57(63(59(49)65)36-39(8)9)61(11,14-3)28-17-18-37(4)5/h12,19-26,29-34,37-39H,1,13-18,27-28,35-36H2,2-11H3. The molecule has 2 amide bonds. The van der Waals surface area contributed by atoms with Crippen molar-refractivity contribution in [3.63, 3.8) is 0 Å². The smallest absolute Gasteiger partial charge is 0.259 e. The van der Waals surface area contributed by atoms with Gasteiger partial charge < -0.3 is 9.80 Å². The van der Waals surface area contributed by atoms with Crippen LogP contribution in [0.3, 0.4) is 0 Å². The summed E-state index contributed by atoms with van der Waals surface area (Å²) in [6.07, 6.45) is 10.8. The lowest BCUT2D eigenvalue weighted by molar-refractivity contribution is 0.0808. The molecule has 2 aliphatic rings. The Kier molecular flexibility index (Phi) is 13.0. The molecule has 348 valence electrons. The number of unbranched alkanes of at least 4 members (excludes halogenated alkanes) is 1. The van der Waals surface area contributed by atoms with Crippen molar-refractivity contribution >= 4 is 78.2 Å². The molecule has 0 saturated carbocycles. The number of thiophene rings is 2. The lowest BCUT2D eigenvalue weighted by Crippen LogP contribution is -2.36. The van der Waals surface area contributed by atoms with Gasteiger partial charge in [-0.1, -0.05) is 112 Å². The van der Waals surface area contributed by atoms with E-state index >= 15 is 0 Å². The third kappa shape index (κ3) is 8.49. The van der Waals surface area contributed by atoms with Gasteiger partial charge in [0.15, 0.2) is 0 Å². The molecule has 2 unspecified atom stereocenters. The minimum atomic E-state index is -0.185. The molecule has 0 aliphatic carbocycles. The third-order valence-electron chi connectivity index (χ3n) is 15.2. The van der Waals surface area contributed by atoms with Crippen LogP contribution in [0.4, 0.5) is 0 Å². The fourth-order valence-corrected chi connectivity index (χ4v) is 13.5. The Bertz CT molecular complexity index is 3100. The van der Waals surface area contributed by atoms with Gasteiger partial charge in [-0.05, 0) is 160 Å². The van der Waals surface area contributed by atoms with Crippen LogP contribution >= 0.6 is 22.7 Å². The molecule has 6 heteroatoms. The zero-order valence-corrected chi connectivity index (χ0v) is 43.3. The van der Waals surface area contributed by atoms with Gasteiger partial charge in [-0.15, -0.1) is 29.3 Å². The quantitative estimate of drug-likeness (QED) is 0.0461. The lowest BCUT2D eigenvalue weighted by atomic mass is 9.77. The molecule has 0 N–H and O–H groups in total. The highest BCUT2D eigenvalue weighted by Gasteiger charge is 2.42. The van der Waals surface area contributed by atoms with Gasteiger partial charge in [0, 0.05) is 65.8 Å². The molecule has 2 aromatic heterocycles. The largest absolute Gasteiger partial charge is 0.311 e. The van der Waals surface area contributed by atoms with E-state index in [1.807, 2.05) is 22.3 Å². The average Bonchev–Trinajstić information content (AvgIpc) is 4.10. The molecular formula is C61H70N2O2S2. The van der Waals surface area contributed by atoms with Crippen LogP contribution in [0.1, 0.15) is 151 Å². The zero-order chi connectivity index (χ0) is 47.5. The van der Waals surface area contributed by atoms with Gasteiger partial charge in [0.05, 0.1) is 10.6 Å². The highest BCUT2D eigenvalue weighted by molar-refractivity contribution is 7.16. The minimum Gasteiger partial charge on any atom is -0.311 e. The molecule has 4 nitrogen and oxygen atoms in total. The van der Waals surface area contributed by atoms with Crippen LogP contribution in [0, 0.1) is 23.2 Å². The fourth-order valence-electron chi connectivity index (χ4n) is 11.2. The molecule has 5 aromatic carbocycles. The summed E-state index contributed by atoms with van der Waals surface area (Å²) in [4.78, 5) is 38.5. The van der Waals surface area contributed by atoms with Gasteiger partial charge in [0.2, 0.25) is 0 Å². The first-order valence-electron chi connectivity index (χ1n) is 25.2. The Morgan fingerprint density at radius 1 is 0.582 bits per heavy atom. The van der Waals surface area contributed by atoms with E-state index < -0.39 is 0 Å². The Morgan fingerprint density at radius 3 is 1.63 bits per heavy atom. The monoisotopic (exact) mass is 926 g/mol. The van der Waals surface area contributed by atoms with E-state index in [0.717, 1.165) is 75.7 Å². The van der Waals surface area contributed by atoms with Gasteiger partial charge in [-0.2, -0.15) is 0 Å². The number of hydrogen-bond acceptors (Lipinski definition) is 4. The third-order valence-corrected chi connectivity index (χ3v) is 17.8. The Hall–Kier alpha value is -5.04. The maximum absolute atomic E-state index is 14.7. The van der Waals surface area contributed by atoms with Gasteiger partial charge in [-0.25, -0.2) is 0 Å². The second-order valence-corrected chi connectivity index (χ2v) is 23.8. The summed E-state index contributed by atoms with van der Waals surface area (Å²) < 4.78 is 0. The summed E-state index contributed by atoms with van der Waals surface area (Å²) in [7, 11) is 0. The molecule has 0 bridgehead atoms. The average molecular weight is 927 g/mol. The van der Waals surface area contributed by atoms with E-state index in [1.54, 1.807) is 11.3 Å². The molecule has 2 aliphatic heterocycles. The summed E-state index contributed by atoms with van der Waals surface area (Å²) >= 11 is 3.69. The molecule has 9 rings (SSSR count). The van der Waals surface area contributed by atoms with E-state index in [4.69, 9.17) is 0 Å². The van der Waals surface area contributed by atoms with Crippen molar-refractivity contribution < 1.29 is 9.59 Å². The normalized spacial score (nSPS) is 16.0.